The minimum atomic E-state index is -1.06. The third-order valence-electron chi connectivity index (χ3n) is 6.22. The number of benzene rings is 1. The van der Waals surface area contributed by atoms with Crippen molar-refractivity contribution in [2.45, 2.75) is 25.0 Å². The highest BCUT2D eigenvalue weighted by Crippen LogP contribution is 2.24. The van der Waals surface area contributed by atoms with Gasteiger partial charge in [-0.15, -0.1) is 0 Å². The second kappa shape index (κ2) is 10.7. The van der Waals surface area contributed by atoms with E-state index >= 15 is 0 Å². The van der Waals surface area contributed by atoms with E-state index < -0.39 is 18.0 Å². The fourth-order valence-electron chi connectivity index (χ4n) is 4.40. The summed E-state index contributed by atoms with van der Waals surface area (Å²) in [6, 6.07) is 4.76. The van der Waals surface area contributed by atoms with Crippen LogP contribution in [0.2, 0.25) is 0 Å². The molecular weight excluding hydrogens is 458 g/mol. The Morgan fingerprint density at radius 1 is 1.31 bits per heavy atom. The van der Waals surface area contributed by atoms with Gasteiger partial charge in [0, 0.05) is 39.6 Å². The van der Waals surface area contributed by atoms with E-state index in [0.717, 1.165) is 12.1 Å². The summed E-state index contributed by atoms with van der Waals surface area (Å²) in [5.74, 6) is -0.784. The topological polar surface area (TPSA) is 144 Å². The molecule has 0 aliphatic carbocycles. The van der Waals surface area contributed by atoms with Crippen LogP contribution in [0.5, 0.6) is 0 Å². The first-order valence-corrected chi connectivity index (χ1v) is 11.5. The number of nitrogens with zero attached hydrogens (tertiary/aromatic N) is 3. The Kier molecular flexibility index (Phi) is 7.51. The van der Waals surface area contributed by atoms with E-state index in [1.165, 1.54) is 9.13 Å². The maximum Gasteiger partial charge on any atom is 0.404 e. The molecule has 3 N–H and O–H groups in total. The number of carbonyl (C=O) groups excluding carboxylic acids is 2. The lowest BCUT2D eigenvalue weighted by atomic mass is 10.1. The van der Waals surface area contributed by atoms with Crippen LogP contribution in [-0.4, -0.2) is 82.5 Å². The summed E-state index contributed by atoms with van der Waals surface area (Å²) in [4.78, 5) is 49.4. The molecule has 0 spiro atoms. The molecular formula is C23H29N5O7. The number of piperidine rings is 1. The number of carboxylic acid groups (broad SMARTS) is 1. The molecule has 2 aromatic rings. The highest BCUT2D eigenvalue weighted by Gasteiger charge is 2.31. The Morgan fingerprint density at radius 2 is 2.14 bits per heavy atom. The van der Waals surface area contributed by atoms with Crippen molar-refractivity contribution in [3.05, 3.63) is 40.5 Å². The Labute approximate surface area is 201 Å². The van der Waals surface area contributed by atoms with Gasteiger partial charge in [-0.3, -0.25) is 28.9 Å². The number of hydrogen-bond acceptors (Lipinski definition) is 7. The summed E-state index contributed by atoms with van der Waals surface area (Å²) in [6.07, 6.45) is 2.64. The molecule has 2 aliphatic rings. The molecule has 1 aromatic heterocycles. The Morgan fingerprint density at radius 3 is 2.91 bits per heavy atom. The van der Waals surface area contributed by atoms with Crippen molar-refractivity contribution in [1.82, 2.24) is 24.7 Å². The van der Waals surface area contributed by atoms with Crippen LogP contribution in [0.1, 0.15) is 24.4 Å². The zero-order chi connectivity index (χ0) is 24.9. The molecule has 4 rings (SSSR count). The number of rotatable bonds is 8. The number of imidazole rings is 1. The van der Waals surface area contributed by atoms with Crippen molar-refractivity contribution >= 4 is 35.0 Å². The van der Waals surface area contributed by atoms with Gasteiger partial charge in [0.05, 0.1) is 36.6 Å². The highest BCUT2D eigenvalue weighted by atomic mass is 16.5. The first-order valence-electron chi connectivity index (χ1n) is 11.5. The van der Waals surface area contributed by atoms with Crippen LogP contribution in [0.3, 0.4) is 0 Å². The SMILES string of the molecule is Cn1c(=O)n(C2CCC(=O)NC2=O)c2ccc(/C=C/OCCN3CCO[C@@H](CNC(=O)O)C3)cc21. The summed E-state index contributed by atoms with van der Waals surface area (Å²) < 4.78 is 14.1. The molecule has 188 valence electrons. The number of morpholine rings is 1. The van der Waals surface area contributed by atoms with Gasteiger partial charge in [0.25, 0.3) is 0 Å². The number of aromatic nitrogens is 2. The van der Waals surface area contributed by atoms with E-state index in [1.807, 2.05) is 12.1 Å². The van der Waals surface area contributed by atoms with Crippen LogP contribution in [0.4, 0.5) is 4.79 Å². The number of ether oxygens (including phenoxy) is 2. The van der Waals surface area contributed by atoms with Gasteiger partial charge in [0.1, 0.15) is 6.04 Å². The molecule has 2 saturated heterocycles. The quantitative estimate of drug-likeness (QED) is 0.274. The van der Waals surface area contributed by atoms with Gasteiger partial charge in [-0.2, -0.15) is 0 Å². The number of aryl methyl sites for hydroxylation is 1. The summed E-state index contributed by atoms with van der Waals surface area (Å²) in [7, 11) is 1.65. The van der Waals surface area contributed by atoms with Crippen LogP contribution in [0.15, 0.2) is 29.3 Å². The van der Waals surface area contributed by atoms with Crippen LogP contribution >= 0.6 is 0 Å². The largest absolute Gasteiger partial charge is 0.500 e. The van der Waals surface area contributed by atoms with E-state index in [-0.39, 0.29) is 30.7 Å². The molecule has 0 radical (unpaired) electrons. The third-order valence-corrected chi connectivity index (χ3v) is 6.22. The fraction of sp³-hybridized carbons (Fsp3) is 0.478. The lowest BCUT2D eigenvalue weighted by Crippen LogP contribution is -2.48. The molecule has 12 heteroatoms. The van der Waals surface area contributed by atoms with E-state index in [4.69, 9.17) is 14.6 Å². The van der Waals surface area contributed by atoms with Crippen molar-refractivity contribution in [3.63, 3.8) is 0 Å². The third kappa shape index (κ3) is 5.72. The van der Waals surface area contributed by atoms with Crippen LogP contribution < -0.4 is 16.3 Å². The van der Waals surface area contributed by atoms with Crippen molar-refractivity contribution < 1.29 is 29.0 Å². The minimum Gasteiger partial charge on any atom is -0.500 e. The average molecular weight is 488 g/mol. The van der Waals surface area contributed by atoms with Crippen LogP contribution in [0.25, 0.3) is 17.1 Å². The number of amides is 3. The second-order valence-electron chi connectivity index (χ2n) is 8.58. The highest BCUT2D eigenvalue weighted by molar-refractivity contribution is 6.00. The van der Waals surface area contributed by atoms with E-state index in [2.05, 4.69) is 15.5 Å². The normalized spacial score (nSPS) is 21.4. The van der Waals surface area contributed by atoms with Gasteiger partial charge in [0.15, 0.2) is 0 Å². The smallest absolute Gasteiger partial charge is 0.404 e. The summed E-state index contributed by atoms with van der Waals surface area (Å²) >= 11 is 0. The van der Waals surface area contributed by atoms with Gasteiger partial charge in [0.2, 0.25) is 11.8 Å². The molecule has 35 heavy (non-hydrogen) atoms. The molecule has 3 amide bonds. The van der Waals surface area contributed by atoms with Gasteiger partial charge in [-0.25, -0.2) is 9.59 Å². The van der Waals surface area contributed by atoms with Crippen molar-refractivity contribution in [1.29, 1.82) is 0 Å². The van der Waals surface area contributed by atoms with Gasteiger partial charge in [-0.1, -0.05) is 6.07 Å². The van der Waals surface area contributed by atoms with Gasteiger partial charge < -0.3 is 19.9 Å². The molecule has 1 aromatic carbocycles. The molecule has 0 bridgehead atoms. The maximum absolute atomic E-state index is 12.8. The predicted molar refractivity (Wildman–Crippen MR) is 126 cm³/mol. The second-order valence-corrected chi connectivity index (χ2v) is 8.58. The first-order chi connectivity index (χ1) is 16.8. The average Bonchev–Trinajstić information content (AvgIpc) is 3.07. The van der Waals surface area contributed by atoms with E-state index in [0.29, 0.717) is 43.8 Å². The number of carbonyl (C=O) groups is 3. The lowest BCUT2D eigenvalue weighted by molar-refractivity contribution is -0.135. The number of imide groups is 1. The molecule has 2 atom stereocenters. The van der Waals surface area contributed by atoms with E-state index in [9.17, 15) is 19.2 Å². The summed E-state index contributed by atoms with van der Waals surface area (Å²) in [5, 5.41) is 13.4. The number of fused-ring (bicyclic) bond motifs is 1. The first kappa shape index (κ1) is 24.5. The number of nitrogens with one attached hydrogen (secondary N) is 2. The Balaban J connectivity index is 1.34. The van der Waals surface area contributed by atoms with Crippen LogP contribution in [-0.2, 0) is 26.1 Å². The van der Waals surface area contributed by atoms with Crippen molar-refractivity contribution in [2.24, 2.45) is 7.05 Å². The molecule has 1 unspecified atom stereocenters. The Hall–Kier alpha value is -3.64. The van der Waals surface area contributed by atoms with Gasteiger partial charge >= 0.3 is 11.8 Å². The summed E-state index contributed by atoms with van der Waals surface area (Å²) in [6.45, 7) is 3.32. The van der Waals surface area contributed by atoms with Crippen molar-refractivity contribution in [3.8, 4) is 0 Å². The predicted octanol–water partition coefficient (Wildman–Crippen LogP) is 0.273. The maximum atomic E-state index is 12.8. The zero-order valence-corrected chi connectivity index (χ0v) is 19.4. The number of hydrogen-bond donors (Lipinski definition) is 3. The molecule has 3 heterocycles. The molecule has 2 fully saturated rings. The monoisotopic (exact) mass is 487 g/mol. The van der Waals surface area contributed by atoms with Crippen molar-refractivity contribution in [2.75, 3.05) is 39.4 Å². The standard InChI is InChI=1S/C23H29N5O7/c1-26-19-12-15(2-3-17(19)28(23(26)33)18-4-5-20(29)25-21(18)30)6-9-34-10-7-27-8-11-35-16(14-27)13-24-22(31)32/h2-3,6,9,12,16,18,24H,4-5,7-8,10-11,13-14H2,1H3,(H,31,32)(H,25,29,30)/b9-6+/t16-,18?/m0/s1. The summed E-state index contributed by atoms with van der Waals surface area (Å²) in [5.41, 5.74) is 1.83. The minimum absolute atomic E-state index is 0.179. The zero-order valence-electron chi connectivity index (χ0n) is 19.4. The lowest BCUT2D eigenvalue weighted by Gasteiger charge is -2.32. The van der Waals surface area contributed by atoms with Gasteiger partial charge in [-0.05, 0) is 30.2 Å². The molecule has 0 saturated carbocycles. The van der Waals surface area contributed by atoms with Crippen LogP contribution in [0, 0.1) is 0 Å². The molecule has 12 nitrogen and oxygen atoms in total. The molecule has 2 aliphatic heterocycles. The Bertz CT molecular complexity index is 1200. The fourth-order valence-corrected chi connectivity index (χ4v) is 4.40. The van der Waals surface area contributed by atoms with E-state index in [1.54, 1.807) is 25.5 Å².